The van der Waals surface area contributed by atoms with Gasteiger partial charge in [-0.15, -0.1) is 0 Å². The minimum absolute atomic E-state index is 0.000257. The molecular weight excluding hydrogens is 320 g/mol. The number of likely N-dealkylation sites (tertiary alicyclic amines) is 1. The van der Waals surface area contributed by atoms with Crippen LogP contribution in [0.5, 0.6) is 0 Å². The van der Waals surface area contributed by atoms with Crippen molar-refractivity contribution in [2.45, 2.75) is 46.2 Å². The summed E-state index contributed by atoms with van der Waals surface area (Å²) < 4.78 is 5.14. The lowest BCUT2D eigenvalue weighted by Crippen LogP contribution is -2.31. The maximum atomic E-state index is 13.0. The number of amides is 2. The van der Waals surface area contributed by atoms with E-state index in [1.54, 1.807) is 20.0 Å². The molecule has 1 N–H and O–H groups in total. The highest BCUT2D eigenvalue weighted by molar-refractivity contribution is 5.96. The molecule has 25 heavy (non-hydrogen) atoms. The van der Waals surface area contributed by atoms with Crippen molar-refractivity contribution >= 4 is 11.8 Å². The van der Waals surface area contributed by atoms with Crippen LogP contribution in [0.4, 0.5) is 0 Å². The molecule has 2 aromatic rings. The molecule has 3 heterocycles. The zero-order valence-electron chi connectivity index (χ0n) is 14.7. The average molecular weight is 342 g/mol. The Bertz CT molecular complexity index is 780. The first kappa shape index (κ1) is 17.1. The average Bonchev–Trinajstić information content (AvgIpc) is 3.20. The highest BCUT2D eigenvalue weighted by atomic mass is 16.5. The van der Waals surface area contributed by atoms with Crippen molar-refractivity contribution in [3.63, 3.8) is 0 Å². The van der Waals surface area contributed by atoms with E-state index in [2.05, 4.69) is 15.5 Å². The molecule has 1 atom stereocenters. The summed E-state index contributed by atoms with van der Waals surface area (Å²) in [6, 6.07) is 3.89. The number of aryl methyl sites for hydroxylation is 2. The van der Waals surface area contributed by atoms with E-state index < -0.39 is 0 Å². The third-order valence-electron chi connectivity index (χ3n) is 4.50. The molecule has 1 unspecified atom stereocenters. The van der Waals surface area contributed by atoms with Gasteiger partial charge in [0.1, 0.15) is 11.3 Å². The van der Waals surface area contributed by atoms with Gasteiger partial charge in [-0.2, -0.15) is 0 Å². The molecule has 0 bridgehead atoms. The quantitative estimate of drug-likeness (QED) is 0.921. The standard InChI is InChI=1S/C18H22N4O3/c1-11-17(12(2)25-21-11)18(24)22-8-4-5-16(22)14-6-7-19-15(9-14)10-20-13(3)23/h6-7,9,16H,4-5,8,10H2,1-3H3,(H,20,23). The van der Waals surface area contributed by atoms with Crippen LogP contribution in [0, 0.1) is 13.8 Å². The summed E-state index contributed by atoms with van der Waals surface area (Å²) in [6.45, 7) is 6.11. The molecule has 1 fully saturated rings. The summed E-state index contributed by atoms with van der Waals surface area (Å²) in [5.41, 5.74) is 2.99. The van der Waals surface area contributed by atoms with E-state index in [-0.39, 0.29) is 17.9 Å². The summed E-state index contributed by atoms with van der Waals surface area (Å²) in [7, 11) is 0. The number of hydrogen-bond acceptors (Lipinski definition) is 5. The van der Waals surface area contributed by atoms with Gasteiger partial charge in [-0.1, -0.05) is 5.16 Å². The molecule has 2 aromatic heterocycles. The Morgan fingerprint density at radius 1 is 1.40 bits per heavy atom. The minimum Gasteiger partial charge on any atom is -0.361 e. The fourth-order valence-electron chi connectivity index (χ4n) is 3.30. The lowest BCUT2D eigenvalue weighted by molar-refractivity contribution is -0.119. The lowest BCUT2D eigenvalue weighted by atomic mass is 10.0. The number of pyridine rings is 1. The molecule has 0 aromatic carbocycles. The van der Waals surface area contributed by atoms with Crippen molar-refractivity contribution in [2.75, 3.05) is 6.54 Å². The predicted octanol–water partition coefficient (Wildman–Crippen LogP) is 2.30. The Balaban J connectivity index is 1.83. The highest BCUT2D eigenvalue weighted by Crippen LogP contribution is 2.34. The molecule has 1 saturated heterocycles. The summed E-state index contributed by atoms with van der Waals surface area (Å²) in [6.07, 6.45) is 3.57. The molecule has 0 spiro atoms. The summed E-state index contributed by atoms with van der Waals surface area (Å²) in [5, 5.41) is 6.64. The van der Waals surface area contributed by atoms with E-state index in [4.69, 9.17) is 4.52 Å². The van der Waals surface area contributed by atoms with E-state index in [1.807, 2.05) is 17.0 Å². The van der Waals surface area contributed by atoms with E-state index in [9.17, 15) is 9.59 Å². The normalized spacial score (nSPS) is 16.9. The van der Waals surface area contributed by atoms with Crippen molar-refractivity contribution in [3.05, 3.63) is 46.6 Å². The zero-order valence-corrected chi connectivity index (χ0v) is 14.7. The molecule has 2 amide bonds. The Labute approximate surface area is 146 Å². The second-order valence-corrected chi connectivity index (χ2v) is 6.35. The van der Waals surface area contributed by atoms with Crippen molar-refractivity contribution in [1.82, 2.24) is 20.4 Å². The van der Waals surface area contributed by atoms with Gasteiger partial charge in [0.25, 0.3) is 5.91 Å². The number of rotatable bonds is 4. The largest absolute Gasteiger partial charge is 0.361 e. The van der Waals surface area contributed by atoms with Crippen LogP contribution < -0.4 is 5.32 Å². The van der Waals surface area contributed by atoms with E-state index in [0.29, 0.717) is 30.1 Å². The summed E-state index contributed by atoms with van der Waals surface area (Å²) in [4.78, 5) is 30.2. The van der Waals surface area contributed by atoms with Crippen LogP contribution in [0.1, 0.15) is 58.9 Å². The smallest absolute Gasteiger partial charge is 0.259 e. The summed E-state index contributed by atoms with van der Waals surface area (Å²) >= 11 is 0. The van der Waals surface area contributed by atoms with Crippen LogP contribution in [0.2, 0.25) is 0 Å². The number of aromatic nitrogens is 2. The first-order valence-electron chi connectivity index (χ1n) is 8.40. The minimum atomic E-state index is -0.0942. The van der Waals surface area contributed by atoms with Crippen LogP contribution in [0.15, 0.2) is 22.9 Å². The van der Waals surface area contributed by atoms with Crippen molar-refractivity contribution in [2.24, 2.45) is 0 Å². The van der Waals surface area contributed by atoms with Gasteiger partial charge in [0.15, 0.2) is 0 Å². The fraction of sp³-hybridized carbons (Fsp3) is 0.444. The molecule has 7 heteroatoms. The highest BCUT2D eigenvalue weighted by Gasteiger charge is 2.33. The van der Waals surface area contributed by atoms with Gasteiger partial charge in [-0.05, 0) is 44.4 Å². The second kappa shape index (κ2) is 7.04. The van der Waals surface area contributed by atoms with Gasteiger partial charge in [-0.25, -0.2) is 0 Å². The Hall–Kier alpha value is -2.70. The van der Waals surface area contributed by atoms with Crippen molar-refractivity contribution in [3.8, 4) is 0 Å². The predicted molar refractivity (Wildman–Crippen MR) is 90.7 cm³/mol. The maximum absolute atomic E-state index is 13.0. The first-order valence-corrected chi connectivity index (χ1v) is 8.40. The van der Waals surface area contributed by atoms with Crippen molar-refractivity contribution in [1.29, 1.82) is 0 Å². The third-order valence-corrected chi connectivity index (χ3v) is 4.50. The third kappa shape index (κ3) is 3.55. The first-order chi connectivity index (χ1) is 12.0. The lowest BCUT2D eigenvalue weighted by Gasteiger charge is -2.25. The van der Waals surface area contributed by atoms with Crippen LogP contribution in [0.25, 0.3) is 0 Å². The molecule has 1 aliphatic rings. The number of carbonyl (C=O) groups excluding carboxylic acids is 2. The fourth-order valence-corrected chi connectivity index (χ4v) is 3.30. The molecular formula is C18H22N4O3. The summed E-state index contributed by atoms with van der Waals surface area (Å²) in [5.74, 6) is 0.413. The van der Waals surface area contributed by atoms with Gasteiger partial charge in [-0.3, -0.25) is 14.6 Å². The molecule has 132 valence electrons. The number of nitrogens with zero attached hydrogens (tertiary/aromatic N) is 3. The molecule has 0 aliphatic carbocycles. The Morgan fingerprint density at radius 3 is 2.88 bits per heavy atom. The number of hydrogen-bond donors (Lipinski definition) is 1. The van der Waals surface area contributed by atoms with Gasteiger partial charge < -0.3 is 14.7 Å². The molecule has 0 saturated carbocycles. The number of nitrogens with one attached hydrogen (secondary N) is 1. The van der Waals surface area contributed by atoms with Gasteiger partial charge in [0, 0.05) is 19.7 Å². The van der Waals surface area contributed by atoms with Gasteiger partial charge in [0.05, 0.1) is 24.0 Å². The van der Waals surface area contributed by atoms with Crippen LogP contribution in [-0.4, -0.2) is 33.4 Å². The Kier molecular flexibility index (Phi) is 4.83. The maximum Gasteiger partial charge on any atom is 0.259 e. The van der Waals surface area contributed by atoms with E-state index in [0.717, 1.165) is 24.1 Å². The SMILES string of the molecule is CC(=O)NCc1cc(C2CCCN2C(=O)c2c(C)noc2C)ccn1. The topological polar surface area (TPSA) is 88.3 Å². The van der Waals surface area contributed by atoms with Crippen LogP contribution >= 0.6 is 0 Å². The monoisotopic (exact) mass is 342 g/mol. The van der Waals surface area contributed by atoms with E-state index in [1.165, 1.54) is 6.92 Å². The molecule has 3 rings (SSSR count). The van der Waals surface area contributed by atoms with Gasteiger partial charge in [0.2, 0.25) is 5.91 Å². The van der Waals surface area contributed by atoms with Gasteiger partial charge >= 0.3 is 0 Å². The Morgan fingerprint density at radius 2 is 2.20 bits per heavy atom. The molecule has 1 aliphatic heterocycles. The van der Waals surface area contributed by atoms with Crippen molar-refractivity contribution < 1.29 is 14.1 Å². The molecule has 0 radical (unpaired) electrons. The van der Waals surface area contributed by atoms with E-state index >= 15 is 0 Å². The zero-order chi connectivity index (χ0) is 18.0. The van der Waals surface area contributed by atoms with Crippen LogP contribution in [-0.2, 0) is 11.3 Å². The second-order valence-electron chi connectivity index (χ2n) is 6.35. The number of carbonyl (C=O) groups is 2. The molecule has 7 nitrogen and oxygen atoms in total. The van der Waals surface area contributed by atoms with Crippen LogP contribution in [0.3, 0.4) is 0 Å².